The maximum atomic E-state index is 12.6. The van der Waals surface area contributed by atoms with E-state index in [1.54, 1.807) is 23.7 Å². The molecule has 2 N–H and O–H groups in total. The third-order valence-corrected chi connectivity index (χ3v) is 4.93. The minimum Gasteiger partial charge on any atom is -0.487 e. The zero-order chi connectivity index (χ0) is 19.2. The van der Waals surface area contributed by atoms with Gasteiger partial charge in [-0.25, -0.2) is 9.97 Å². The van der Waals surface area contributed by atoms with E-state index >= 15 is 0 Å². The van der Waals surface area contributed by atoms with E-state index in [0.29, 0.717) is 23.7 Å². The van der Waals surface area contributed by atoms with Crippen molar-refractivity contribution in [3.8, 4) is 5.75 Å². The third kappa shape index (κ3) is 4.91. The highest BCUT2D eigenvalue weighted by Crippen LogP contribution is 2.18. The maximum Gasteiger partial charge on any atom is 0.251 e. The number of aromatic amines is 1. The first-order chi connectivity index (χ1) is 13.1. The summed E-state index contributed by atoms with van der Waals surface area (Å²) in [6, 6.07) is 6.82. The summed E-state index contributed by atoms with van der Waals surface area (Å²) in [5.74, 6) is 2.13. The Morgan fingerprint density at radius 2 is 2.22 bits per heavy atom. The highest BCUT2D eigenvalue weighted by Gasteiger charge is 2.17. The summed E-state index contributed by atoms with van der Waals surface area (Å²) >= 11 is 1.52. The van der Waals surface area contributed by atoms with Crippen LogP contribution in [-0.4, -0.2) is 26.1 Å². The van der Waals surface area contributed by atoms with Gasteiger partial charge in [0.05, 0.1) is 17.2 Å². The number of nitrogens with one attached hydrogen (secondary N) is 2. The van der Waals surface area contributed by atoms with Crippen LogP contribution >= 0.6 is 11.3 Å². The molecule has 0 radical (unpaired) electrons. The molecule has 0 saturated heterocycles. The van der Waals surface area contributed by atoms with Crippen LogP contribution < -0.4 is 10.1 Å². The second-order valence-electron chi connectivity index (χ2n) is 6.38. The van der Waals surface area contributed by atoms with Crippen molar-refractivity contribution in [2.75, 3.05) is 0 Å². The van der Waals surface area contributed by atoms with Crippen molar-refractivity contribution >= 4 is 17.2 Å². The molecule has 0 aliphatic carbocycles. The fourth-order valence-electron chi connectivity index (χ4n) is 2.43. The summed E-state index contributed by atoms with van der Waals surface area (Å²) in [6.45, 7) is 6.42. The third-order valence-electron chi connectivity index (χ3n) is 4.30. The lowest BCUT2D eigenvalue weighted by Gasteiger charge is -2.12. The van der Waals surface area contributed by atoms with Gasteiger partial charge in [-0.05, 0) is 31.5 Å². The number of carbonyl (C=O) groups is 1. The van der Waals surface area contributed by atoms with E-state index < -0.39 is 0 Å². The minimum absolute atomic E-state index is 0.192. The first kappa shape index (κ1) is 19.0. The first-order valence-corrected chi connectivity index (χ1v) is 9.84. The predicted octanol–water partition coefficient (Wildman–Crippen LogP) is 3.84. The van der Waals surface area contributed by atoms with E-state index in [-0.39, 0.29) is 17.9 Å². The van der Waals surface area contributed by atoms with Gasteiger partial charge in [-0.3, -0.25) is 9.89 Å². The summed E-state index contributed by atoms with van der Waals surface area (Å²) in [5, 5.41) is 12.0. The number of amides is 1. The molecule has 0 bridgehead atoms. The van der Waals surface area contributed by atoms with E-state index in [1.165, 1.54) is 11.3 Å². The Kier molecular flexibility index (Phi) is 6.18. The first-order valence-electron chi connectivity index (χ1n) is 8.89. The molecule has 0 spiro atoms. The van der Waals surface area contributed by atoms with Crippen LogP contribution in [0.1, 0.15) is 66.9 Å². The lowest BCUT2D eigenvalue weighted by atomic mass is 10.1. The number of carbonyl (C=O) groups excluding carboxylic acids is 1. The standard InChI is InChI=1S/C19H23N5O2S/c1-4-12(2)17-22-18(24-23-17)13(3)21-19(25)14-6-5-7-16(8-14)26-9-15-10-27-11-20-15/h5-8,10-13H,4,9H2,1-3H3,(H,21,25)(H,22,23,24)/t12-,13-/m1/s1. The van der Waals surface area contributed by atoms with E-state index in [1.807, 2.05) is 18.4 Å². The molecule has 3 rings (SSSR count). The van der Waals surface area contributed by atoms with Crippen LogP contribution in [0.25, 0.3) is 0 Å². The molecule has 0 fully saturated rings. The summed E-state index contributed by atoms with van der Waals surface area (Å²) in [6.07, 6.45) is 0.964. The van der Waals surface area contributed by atoms with Gasteiger partial charge >= 0.3 is 0 Å². The van der Waals surface area contributed by atoms with Crippen molar-refractivity contribution in [1.29, 1.82) is 0 Å². The molecule has 1 aromatic carbocycles. The molecule has 142 valence electrons. The van der Waals surface area contributed by atoms with Gasteiger partial charge < -0.3 is 10.1 Å². The smallest absolute Gasteiger partial charge is 0.251 e. The molecular formula is C19H23N5O2S. The molecule has 3 aromatic rings. The molecule has 8 heteroatoms. The Labute approximate surface area is 162 Å². The number of thiazole rings is 1. The van der Waals surface area contributed by atoms with Gasteiger partial charge in [0.15, 0.2) is 5.82 Å². The van der Waals surface area contributed by atoms with Gasteiger partial charge in [-0.15, -0.1) is 11.3 Å². The van der Waals surface area contributed by atoms with Crippen LogP contribution in [0, 0.1) is 0 Å². The normalized spacial score (nSPS) is 13.1. The Morgan fingerprint density at radius 1 is 1.37 bits per heavy atom. The number of hydrogen-bond donors (Lipinski definition) is 2. The fourth-order valence-corrected chi connectivity index (χ4v) is 2.97. The van der Waals surface area contributed by atoms with Crippen LogP contribution in [0.2, 0.25) is 0 Å². The number of rotatable bonds is 8. The minimum atomic E-state index is -0.276. The second kappa shape index (κ2) is 8.77. The summed E-state index contributed by atoms with van der Waals surface area (Å²) in [5.41, 5.74) is 3.16. The molecule has 0 aliphatic heterocycles. The molecule has 0 aliphatic rings. The van der Waals surface area contributed by atoms with Crippen LogP contribution in [0.5, 0.6) is 5.75 Å². The summed E-state index contributed by atoms with van der Waals surface area (Å²) < 4.78 is 5.71. The highest BCUT2D eigenvalue weighted by molar-refractivity contribution is 7.07. The van der Waals surface area contributed by atoms with E-state index in [0.717, 1.165) is 17.9 Å². The van der Waals surface area contributed by atoms with E-state index in [4.69, 9.17) is 4.74 Å². The van der Waals surface area contributed by atoms with Gasteiger partial charge in [0.1, 0.15) is 18.2 Å². The largest absolute Gasteiger partial charge is 0.487 e. The molecule has 27 heavy (non-hydrogen) atoms. The Bertz CT molecular complexity index is 878. The number of benzene rings is 1. The molecule has 1 amide bonds. The van der Waals surface area contributed by atoms with Crippen molar-refractivity contribution < 1.29 is 9.53 Å². The number of H-pyrrole nitrogens is 1. The van der Waals surface area contributed by atoms with Gasteiger partial charge in [0.2, 0.25) is 0 Å². The molecular weight excluding hydrogens is 362 g/mol. The van der Waals surface area contributed by atoms with Gasteiger partial charge in [-0.2, -0.15) is 5.10 Å². The van der Waals surface area contributed by atoms with E-state index in [9.17, 15) is 4.79 Å². The van der Waals surface area contributed by atoms with Crippen LogP contribution in [0.4, 0.5) is 0 Å². The van der Waals surface area contributed by atoms with Crippen molar-refractivity contribution in [1.82, 2.24) is 25.5 Å². The number of ether oxygens (including phenoxy) is 1. The van der Waals surface area contributed by atoms with Gasteiger partial charge in [-0.1, -0.05) is 19.9 Å². The Hall–Kier alpha value is -2.74. The fraction of sp³-hybridized carbons (Fsp3) is 0.368. The zero-order valence-corrected chi connectivity index (χ0v) is 16.4. The van der Waals surface area contributed by atoms with Crippen molar-refractivity contribution in [3.63, 3.8) is 0 Å². The number of aromatic nitrogens is 4. The second-order valence-corrected chi connectivity index (χ2v) is 7.10. The topological polar surface area (TPSA) is 92.8 Å². The predicted molar refractivity (Wildman–Crippen MR) is 104 cm³/mol. The van der Waals surface area contributed by atoms with Crippen molar-refractivity contribution in [2.24, 2.45) is 0 Å². The maximum absolute atomic E-state index is 12.6. The van der Waals surface area contributed by atoms with Crippen molar-refractivity contribution in [3.05, 3.63) is 58.1 Å². The lowest BCUT2D eigenvalue weighted by Crippen LogP contribution is -2.27. The monoisotopic (exact) mass is 385 g/mol. The average Bonchev–Trinajstić information content (AvgIpc) is 3.38. The molecule has 0 saturated carbocycles. The Morgan fingerprint density at radius 3 is 2.96 bits per heavy atom. The molecule has 2 aromatic heterocycles. The van der Waals surface area contributed by atoms with Crippen molar-refractivity contribution in [2.45, 2.75) is 45.8 Å². The molecule has 7 nitrogen and oxygen atoms in total. The van der Waals surface area contributed by atoms with Crippen LogP contribution in [-0.2, 0) is 6.61 Å². The quantitative estimate of drug-likeness (QED) is 0.614. The van der Waals surface area contributed by atoms with Gasteiger partial charge in [0.25, 0.3) is 5.91 Å². The molecule has 2 heterocycles. The number of nitrogens with zero attached hydrogens (tertiary/aromatic N) is 3. The molecule has 2 atom stereocenters. The lowest BCUT2D eigenvalue weighted by molar-refractivity contribution is 0.0938. The van der Waals surface area contributed by atoms with E-state index in [2.05, 4.69) is 39.3 Å². The van der Waals surface area contributed by atoms with Crippen LogP contribution in [0.15, 0.2) is 35.2 Å². The Balaban J connectivity index is 1.61. The summed E-state index contributed by atoms with van der Waals surface area (Å²) in [7, 11) is 0. The summed E-state index contributed by atoms with van der Waals surface area (Å²) in [4.78, 5) is 21.2. The SMILES string of the molecule is CC[C@@H](C)c1n[nH]c([C@@H](C)NC(=O)c2cccc(OCc3cscn3)c2)n1. The average molecular weight is 385 g/mol. The van der Waals surface area contributed by atoms with Gasteiger partial charge in [0, 0.05) is 16.9 Å². The highest BCUT2D eigenvalue weighted by atomic mass is 32.1. The van der Waals surface area contributed by atoms with Crippen LogP contribution in [0.3, 0.4) is 0 Å². The molecule has 0 unspecified atom stereocenters. The number of hydrogen-bond acceptors (Lipinski definition) is 6. The zero-order valence-electron chi connectivity index (χ0n) is 15.6.